The monoisotopic (exact) mass is 182 g/mol. The number of aldehydes is 1. The minimum atomic E-state index is -0.858. The van der Waals surface area contributed by atoms with Crippen LogP contribution in [0.2, 0.25) is 0 Å². The third-order valence-corrected chi connectivity index (χ3v) is 2.39. The van der Waals surface area contributed by atoms with E-state index in [4.69, 9.17) is 4.74 Å². The Labute approximate surface area is 77.8 Å². The van der Waals surface area contributed by atoms with Crippen molar-refractivity contribution in [2.75, 3.05) is 0 Å². The van der Waals surface area contributed by atoms with E-state index < -0.39 is 11.6 Å². The highest BCUT2D eigenvalue weighted by Crippen LogP contribution is 2.29. The maximum absolute atomic E-state index is 10.9. The third kappa shape index (κ3) is 2.41. The molecule has 72 valence electrons. The van der Waals surface area contributed by atoms with Gasteiger partial charge in [0.15, 0.2) is 11.9 Å². The lowest BCUT2D eigenvalue weighted by molar-refractivity contribution is -0.160. The molecule has 0 N–H and O–H groups in total. The molecule has 0 spiro atoms. The lowest BCUT2D eigenvalue weighted by atomic mass is 9.86. The van der Waals surface area contributed by atoms with Crippen LogP contribution in [-0.4, -0.2) is 17.9 Å². The van der Waals surface area contributed by atoms with Crippen LogP contribution in [-0.2, 0) is 14.3 Å². The molecule has 3 heteroatoms. The average Bonchev–Trinajstić information content (AvgIpc) is 2.19. The van der Waals surface area contributed by atoms with Crippen LogP contribution in [0, 0.1) is 0 Å². The Kier molecular flexibility index (Phi) is 3.23. The number of rotatable bonds is 3. The van der Waals surface area contributed by atoms with Crippen LogP contribution in [0.5, 0.6) is 0 Å². The maximum atomic E-state index is 10.9. The number of ether oxygens (including phenoxy) is 1. The molecule has 0 aromatic heterocycles. The van der Waals surface area contributed by atoms with Crippen molar-refractivity contribution in [2.24, 2.45) is 0 Å². The van der Waals surface area contributed by atoms with E-state index in [2.05, 4.69) is 6.58 Å². The summed E-state index contributed by atoms with van der Waals surface area (Å²) in [6.45, 7) is 3.30. The lowest BCUT2D eigenvalue weighted by Gasteiger charge is -2.30. The zero-order valence-corrected chi connectivity index (χ0v) is 7.62. The Morgan fingerprint density at radius 3 is 2.38 bits per heavy atom. The summed E-state index contributed by atoms with van der Waals surface area (Å²) in [5, 5.41) is 0. The van der Waals surface area contributed by atoms with Crippen LogP contribution in [0.15, 0.2) is 12.7 Å². The number of carbonyl (C=O) groups is 2. The molecule has 0 saturated heterocycles. The fraction of sp³-hybridized carbons (Fsp3) is 0.600. The van der Waals surface area contributed by atoms with Crippen LogP contribution in [0.3, 0.4) is 0 Å². The van der Waals surface area contributed by atoms with E-state index in [1.807, 2.05) is 0 Å². The van der Waals surface area contributed by atoms with E-state index in [1.165, 1.54) is 0 Å². The molecule has 1 aliphatic carbocycles. The van der Waals surface area contributed by atoms with E-state index in [0.717, 1.165) is 31.6 Å². The second-order valence-corrected chi connectivity index (χ2v) is 3.37. The molecule has 0 aliphatic heterocycles. The van der Waals surface area contributed by atoms with Crippen molar-refractivity contribution < 1.29 is 14.3 Å². The van der Waals surface area contributed by atoms with Crippen LogP contribution >= 0.6 is 0 Å². The Hall–Kier alpha value is -1.12. The minimum absolute atomic E-state index is 0.506. The molecule has 3 nitrogen and oxygen atoms in total. The van der Waals surface area contributed by atoms with Gasteiger partial charge in [-0.25, -0.2) is 4.79 Å². The van der Waals surface area contributed by atoms with E-state index in [0.29, 0.717) is 12.8 Å². The summed E-state index contributed by atoms with van der Waals surface area (Å²) in [4.78, 5) is 21.8. The van der Waals surface area contributed by atoms with Crippen molar-refractivity contribution in [1.82, 2.24) is 0 Å². The molecule has 0 aromatic carbocycles. The third-order valence-electron chi connectivity index (χ3n) is 2.39. The Bertz CT molecular complexity index is 214. The van der Waals surface area contributed by atoms with E-state index in [9.17, 15) is 9.59 Å². The van der Waals surface area contributed by atoms with Gasteiger partial charge in [-0.15, -0.1) is 0 Å². The molecule has 1 fully saturated rings. The molecule has 0 amide bonds. The highest BCUT2D eigenvalue weighted by molar-refractivity contribution is 5.83. The fourth-order valence-electron chi connectivity index (χ4n) is 1.64. The van der Waals surface area contributed by atoms with Gasteiger partial charge in [-0.2, -0.15) is 0 Å². The summed E-state index contributed by atoms with van der Waals surface area (Å²) in [6, 6.07) is 0. The van der Waals surface area contributed by atoms with Crippen molar-refractivity contribution >= 4 is 12.3 Å². The van der Waals surface area contributed by atoms with Crippen molar-refractivity contribution in [2.45, 2.75) is 37.7 Å². The van der Waals surface area contributed by atoms with Crippen molar-refractivity contribution in [1.29, 1.82) is 0 Å². The smallest absolute Gasteiger partial charge is 0.331 e. The molecule has 0 aromatic rings. The summed E-state index contributed by atoms with van der Waals surface area (Å²) in [5.74, 6) is -0.506. The van der Waals surface area contributed by atoms with Gasteiger partial charge in [0.2, 0.25) is 0 Å². The van der Waals surface area contributed by atoms with E-state index in [-0.39, 0.29) is 0 Å². The molecule has 0 atom stereocenters. The first-order chi connectivity index (χ1) is 6.22. The first kappa shape index (κ1) is 9.96. The predicted molar refractivity (Wildman–Crippen MR) is 48.2 cm³/mol. The molecular formula is C10H14O3. The number of hydrogen-bond acceptors (Lipinski definition) is 3. The Morgan fingerprint density at radius 1 is 1.31 bits per heavy atom. The zero-order chi connectivity index (χ0) is 9.73. The van der Waals surface area contributed by atoms with Gasteiger partial charge in [-0.05, 0) is 25.7 Å². The zero-order valence-electron chi connectivity index (χ0n) is 7.62. The van der Waals surface area contributed by atoms with Gasteiger partial charge in [0.25, 0.3) is 0 Å². The first-order valence-corrected chi connectivity index (χ1v) is 4.54. The largest absolute Gasteiger partial charge is 0.448 e. The Morgan fingerprint density at radius 2 is 1.92 bits per heavy atom. The van der Waals surface area contributed by atoms with Crippen molar-refractivity contribution in [3.63, 3.8) is 0 Å². The van der Waals surface area contributed by atoms with Gasteiger partial charge in [0.05, 0.1) is 0 Å². The molecule has 0 bridgehead atoms. The topological polar surface area (TPSA) is 43.4 Å². The standard InChI is InChI=1S/C10H14O3/c1-2-9(12)13-10(8-11)6-4-3-5-7-10/h2,8H,1,3-7H2. The van der Waals surface area contributed by atoms with Gasteiger partial charge >= 0.3 is 5.97 Å². The van der Waals surface area contributed by atoms with Crippen molar-refractivity contribution in [3.8, 4) is 0 Å². The fourth-order valence-corrected chi connectivity index (χ4v) is 1.64. The molecule has 1 saturated carbocycles. The SMILES string of the molecule is C=CC(=O)OC1(C=O)CCCCC1. The molecule has 1 rings (SSSR count). The second kappa shape index (κ2) is 4.21. The predicted octanol–water partition coefficient (Wildman–Crippen LogP) is 1.62. The van der Waals surface area contributed by atoms with Gasteiger partial charge in [0, 0.05) is 6.08 Å². The lowest BCUT2D eigenvalue weighted by Crippen LogP contribution is -2.38. The highest BCUT2D eigenvalue weighted by Gasteiger charge is 2.34. The van der Waals surface area contributed by atoms with E-state index >= 15 is 0 Å². The first-order valence-electron chi connectivity index (χ1n) is 4.54. The second-order valence-electron chi connectivity index (χ2n) is 3.37. The summed E-state index contributed by atoms with van der Waals surface area (Å²) in [7, 11) is 0. The summed E-state index contributed by atoms with van der Waals surface area (Å²) in [5.41, 5.74) is -0.858. The van der Waals surface area contributed by atoms with Gasteiger partial charge in [-0.3, -0.25) is 4.79 Å². The summed E-state index contributed by atoms with van der Waals surface area (Å²) in [6.07, 6.45) is 6.16. The maximum Gasteiger partial charge on any atom is 0.331 e. The molecule has 0 radical (unpaired) electrons. The minimum Gasteiger partial charge on any atom is -0.448 e. The van der Waals surface area contributed by atoms with Crippen molar-refractivity contribution in [3.05, 3.63) is 12.7 Å². The summed E-state index contributed by atoms with van der Waals surface area (Å²) >= 11 is 0. The molecular weight excluding hydrogens is 168 g/mol. The van der Waals surface area contributed by atoms with Crippen LogP contribution < -0.4 is 0 Å². The Balaban J connectivity index is 2.62. The van der Waals surface area contributed by atoms with Crippen LogP contribution in [0.4, 0.5) is 0 Å². The number of esters is 1. The van der Waals surface area contributed by atoms with Gasteiger partial charge < -0.3 is 4.74 Å². The molecule has 1 aliphatic rings. The van der Waals surface area contributed by atoms with Gasteiger partial charge in [-0.1, -0.05) is 13.0 Å². The quantitative estimate of drug-likeness (QED) is 0.378. The normalized spacial score (nSPS) is 20.3. The molecule has 13 heavy (non-hydrogen) atoms. The van der Waals surface area contributed by atoms with Crippen LogP contribution in [0.1, 0.15) is 32.1 Å². The summed E-state index contributed by atoms with van der Waals surface area (Å²) < 4.78 is 5.05. The number of carbonyl (C=O) groups excluding carboxylic acids is 2. The average molecular weight is 182 g/mol. The molecule has 0 heterocycles. The van der Waals surface area contributed by atoms with Crippen LogP contribution in [0.25, 0.3) is 0 Å². The number of hydrogen-bond donors (Lipinski definition) is 0. The van der Waals surface area contributed by atoms with Gasteiger partial charge in [0.1, 0.15) is 0 Å². The highest BCUT2D eigenvalue weighted by atomic mass is 16.6. The molecule has 0 unspecified atom stereocenters. The van der Waals surface area contributed by atoms with E-state index in [1.54, 1.807) is 0 Å².